The number of hydrogen-bond donors (Lipinski definition) is 1. The third-order valence-electron chi connectivity index (χ3n) is 2.17. The lowest BCUT2D eigenvalue weighted by Crippen LogP contribution is -2.30. The minimum atomic E-state index is 0.0755. The van der Waals surface area contributed by atoms with E-state index in [4.69, 9.17) is 0 Å². The zero-order chi connectivity index (χ0) is 12.1. The fourth-order valence-electron chi connectivity index (χ4n) is 1.40. The maximum absolute atomic E-state index is 12.0. The lowest BCUT2D eigenvalue weighted by Gasteiger charge is -2.09. The molecule has 0 aromatic carbocycles. The molecule has 0 saturated carbocycles. The summed E-state index contributed by atoms with van der Waals surface area (Å²) < 4.78 is 2.53. The van der Waals surface area contributed by atoms with Crippen molar-refractivity contribution in [1.82, 2.24) is 15.1 Å². The number of rotatable bonds is 6. The van der Waals surface area contributed by atoms with Gasteiger partial charge in [-0.1, -0.05) is 20.8 Å². The number of nitrogens with one attached hydrogen (secondary N) is 1. The van der Waals surface area contributed by atoms with Gasteiger partial charge in [-0.15, -0.1) is 0 Å². The van der Waals surface area contributed by atoms with E-state index < -0.39 is 0 Å². The zero-order valence-corrected chi connectivity index (χ0v) is 11.5. The molecule has 0 saturated heterocycles. The van der Waals surface area contributed by atoms with E-state index in [1.54, 1.807) is 10.9 Å². The summed E-state index contributed by atoms with van der Waals surface area (Å²) in [6.07, 6.45) is 2.64. The molecule has 90 valence electrons. The Bertz CT molecular complexity index is 360. The molecular weight excluding hydrogens is 270 g/mol. The Labute approximate surface area is 105 Å². The third-order valence-corrected chi connectivity index (χ3v) is 2.75. The number of Topliss-reactive ketones (excluding diaryl/α,β-unsaturated/α-hetero) is 1. The highest BCUT2D eigenvalue weighted by molar-refractivity contribution is 9.10. The first-order chi connectivity index (χ1) is 7.56. The normalized spacial score (nSPS) is 11.1. The van der Waals surface area contributed by atoms with Gasteiger partial charge in [0.15, 0.2) is 5.78 Å². The fourth-order valence-corrected chi connectivity index (χ4v) is 1.92. The van der Waals surface area contributed by atoms with Gasteiger partial charge in [-0.05, 0) is 22.4 Å². The van der Waals surface area contributed by atoms with Crippen LogP contribution in [0.15, 0.2) is 10.7 Å². The van der Waals surface area contributed by atoms with E-state index in [1.165, 1.54) is 0 Å². The van der Waals surface area contributed by atoms with Crippen LogP contribution >= 0.6 is 15.9 Å². The van der Waals surface area contributed by atoms with Crippen LogP contribution in [-0.2, 0) is 6.54 Å². The van der Waals surface area contributed by atoms with E-state index in [0.29, 0.717) is 18.3 Å². The summed E-state index contributed by atoms with van der Waals surface area (Å²) in [6.45, 7) is 7.23. The number of aryl methyl sites for hydroxylation is 1. The van der Waals surface area contributed by atoms with Gasteiger partial charge in [0, 0.05) is 12.6 Å². The van der Waals surface area contributed by atoms with Gasteiger partial charge in [0.05, 0.1) is 17.2 Å². The first-order valence-electron chi connectivity index (χ1n) is 5.54. The second kappa shape index (κ2) is 6.15. The molecule has 0 atom stereocenters. The van der Waals surface area contributed by atoms with Crippen molar-refractivity contribution in [1.29, 1.82) is 0 Å². The average Bonchev–Trinajstić information content (AvgIpc) is 2.57. The summed E-state index contributed by atoms with van der Waals surface area (Å²) in [5.74, 6) is 0.0755. The summed E-state index contributed by atoms with van der Waals surface area (Å²) in [5.41, 5.74) is 0.662. The molecule has 0 aliphatic heterocycles. The van der Waals surface area contributed by atoms with E-state index in [-0.39, 0.29) is 5.78 Å². The second-order valence-corrected chi connectivity index (χ2v) is 4.88. The molecule has 0 aliphatic carbocycles. The molecule has 0 amide bonds. The van der Waals surface area contributed by atoms with Crippen LogP contribution in [0, 0.1) is 0 Å². The summed E-state index contributed by atoms with van der Waals surface area (Å²) in [5, 5.41) is 7.29. The molecule has 5 heteroatoms. The minimum Gasteiger partial charge on any atom is -0.307 e. The van der Waals surface area contributed by atoms with Gasteiger partial charge in [0.1, 0.15) is 5.69 Å². The molecule has 1 rings (SSSR count). The first kappa shape index (κ1) is 13.4. The Morgan fingerprint density at radius 1 is 1.62 bits per heavy atom. The van der Waals surface area contributed by atoms with Gasteiger partial charge in [0.2, 0.25) is 0 Å². The molecule has 1 aromatic heterocycles. The van der Waals surface area contributed by atoms with Crippen LogP contribution < -0.4 is 5.32 Å². The lowest BCUT2D eigenvalue weighted by atomic mass is 10.2. The number of hydrogen-bond acceptors (Lipinski definition) is 3. The number of carbonyl (C=O) groups excluding carboxylic acids is 1. The number of carbonyl (C=O) groups is 1. The number of nitrogens with zero attached hydrogens (tertiary/aromatic N) is 2. The van der Waals surface area contributed by atoms with Crippen molar-refractivity contribution in [3.63, 3.8) is 0 Å². The minimum absolute atomic E-state index is 0.0755. The predicted octanol–water partition coefficient (Wildman–Crippen LogP) is 2.24. The molecular formula is C11H18BrN3O. The van der Waals surface area contributed by atoms with Crippen molar-refractivity contribution in [3.8, 4) is 0 Å². The molecule has 0 spiro atoms. The average molecular weight is 288 g/mol. The van der Waals surface area contributed by atoms with Crippen LogP contribution in [0.2, 0.25) is 0 Å². The largest absolute Gasteiger partial charge is 0.307 e. The highest BCUT2D eigenvalue weighted by Gasteiger charge is 2.16. The van der Waals surface area contributed by atoms with E-state index >= 15 is 0 Å². The van der Waals surface area contributed by atoms with Gasteiger partial charge in [-0.2, -0.15) is 5.10 Å². The Morgan fingerprint density at radius 2 is 2.31 bits per heavy atom. The molecule has 0 radical (unpaired) electrons. The van der Waals surface area contributed by atoms with Crippen molar-refractivity contribution >= 4 is 21.7 Å². The van der Waals surface area contributed by atoms with Crippen LogP contribution in [-0.4, -0.2) is 28.2 Å². The highest BCUT2D eigenvalue weighted by Crippen LogP contribution is 2.16. The standard InChI is InChI=1S/C11H18BrN3O/c1-4-5-15-11(9(12)6-14-15)10(16)7-13-8(2)3/h6,8,13H,4-5,7H2,1-3H3. The van der Waals surface area contributed by atoms with Gasteiger partial charge in [-0.25, -0.2) is 0 Å². The van der Waals surface area contributed by atoms with Crippen molar-refractivity contribution in [2.75, 3.05) is 6.54 Å². The summed E-state index contributed by atoms with van der Waals surface area (Å²) in [6, 6.07) is 0.310. The monoisotopic (exact) mass is 287 g/mol. The second-order valence-electron chi connectivity index (χ2n) is 4.02. The molecule has 4 nitrogen and oxygen atoms in total. The van der Waals surface area contributed by atoms with E-state index in [2.05, 4.69) is 33.3 Å². The van der Waals surface area contributed by atoms with Crippen molar-refractivity contribution in [2.24, 2.45) is 0 Å². The highest BCUT2D eigenvalue weighted by atomic mass is 79.9. The molecule has 1 heterocycles. The number of ketones is 1. The molecule has 0 unspecified atom stereocenters. The first-order valence-corrected chi connectivity index (χ1v) is 6.33. The topological polar surface area (TPSA) is 46.9 Å². The SMILES string of the molecule is CCCn1ncc(Br)c1C(=O)CNC(C)C. The Hall–Kier alpha value is -0.680. The molecule has 16 heavy (non-hydrogen) atoms. The number of halogens is 1. The summed E-state index contributed by atoms with van der Waals surface area (Å²) in [4.78, 5) is 12.0. The van der Waals surface area contributed by atoms with Crippen molar-refractivity contribution in [3.05, 3.63) is 16.4 Å². The third kappa shape index (κ3) is 3.42. The summed E-state index contributed by atoms with van der Waals surface area (Å²) in [7, 11) is 0. The molecule has 0 fully saturated rings. The van der Waals surface area contributed by atoms with Crippen LogP contribution in [0.3, 0.4) is 0 Å². The zero-order valence-electron chi connectivity index (χ0n) is 9.96. The Kier molecular flexibility index (Phi) is 5.15. The predicted molar refractivity (Wildman–Crippen MR) is 67.7 cm³/mol. The smallest absolute Gasteiger partial charge is 0.195 e. The van der Waals surface area contributed by atoms with E-state index in [9.17, 15) is 4.79 Å². The maximum Gasteiger partial charge on any atom is 0.195 e. The van der Waals surface area contributed by atoms with Crippen molar-refractivity contribution in [2.45, 2.75) is 39.8 Å². The van der Waals surface area contributed by atoms with Crippen molar-refractivity contribution < 1.29 is 4.79 Å². The van der Waals surface area contributed by atoms with Gasteiger partial charge < -0.3 is 5.32 Å². The van der Waals surface area contributed by atoms with E-state index in [1.807, 2.05) is 13.8 Å². The van der Waals surface area contributed by atoms with Crippen LogP contribution in [0.4, 0.5) is 0 Å². The number of aromatic nitrogens is 2. The fraction of sp³-hybridized carbons (Fsp3) is 0.636. The van der Waals surface area contributed by atoms with Gasteiger partial charge in [-0.3, -0.25) is 9.48 Å². The molecule has 0 bridgehead atoms. The van der Waals surface area contributed by atoms with E-state index in [0.717, 1.165) is 17.4 Å². The lowest BCUT2D eigenvalue weighted by molar-refractivity contribution is 0.0977. The Morgan fingerprint density at radius 3 is 2.88 bits per heavy atom. The van der Waals surface area contributed by atoms with Crippen LogP contribution in [0.25, 0.3) is 0 Å². The van der Waals surface area contributed by atoms with Gasteiger partial charge >= 0.3 is 0 Å². The Balaban J connectivity index is 2.76. The quantitative estimate of drug-likeness (QED) is 0.817. The molecule has 0 aliphatic rings. The van der Waals surface area contributed by atoms with Crippen LogP contribution in [0.5, 0.6) is 0 Å². The molecule has 1 aromatic rings. The molecule has 1 N–H and O–H groups in total. The van der Waals surface area contributed by atoms with Gasteiger partial charge in [0.25, 0.3) is 0 Å². The summed E-state index contributed by atoms with van der Waals surface area (Å²) >= 11 is 3.36. The van der Waals surface area contributed by atoms with Crippen LogP contribution in [0.1, 0.15) is 37.7 Å². The maximum atomic E-state index is 12.0.